The number of halogens is 2. The SMILES string of the molecule is CN(C)c1cccc2cccc([Te+](O)c3cccc4cccc(N(C)C)c34)c12.CN(C)c1cccc2cccc([Te+](O)c3cccc4cccc(N(C)C)c34)c12.[I-].[I-]. The van der Waals surface area contributed by atoms with Gasteiger partial charge in [0, 0.05) is 0 Å². The van der Waals surface area contributed by atoms with Crippen molar-refractivity contribution in [1.82, 2.24) is 0 Å². The minimum absolute atomic E-state index is 0. The van der Waals surface area contributed by atoms with Gasteiger partial charge in [-0.05, 0) is 0 Å². The van der Waals surface area contributed by atoms with Crippen LogP contribution in [-0.4, -0.2) is 103 Å². The Hall–Kier alpha value is -3.04. The predicted octanol–water partition coefficient (Wildman–Crippen LogP) is 0.454. The summed E-state index contributed by atoms with van der Waals surface area (Å²) in [6, 6.07) is 50.6. The van der Waals surface area contributed by atoms with Gasteiger partial charge in [-0.25, -0.2) is 0 Å². The second kappa shape index (κ2) is 20.0. The first kappa shape index (κ1) is 46.0. The maximum absolute atomic E-state index is 11.7. The van der Waals surface area contributed by atoms with Gasteiger partial charge >= 0.3 is 349 Å². The summed E-state index contributed by atoms with van der Waals surface area (Å²) in [6.07, 6.45) is 0. The van der Waals surface area contributed by atoms with E-state index >= 15 is 0 Å². The van der Waals surface area contributed by atoms with Crippen LogP contribution in [0.25, 0.3) is 43.1 Å². The Bertz CT molecular complexity index is 2300. The minimum atomic E-state index is -2.79. The van der Waals surface area contributed by atoms with E-state index in [2.05, 4.69) is 222 Å². The molecule has 0 radical (unpaired) electrons. The van der Waals surface area contributed by atoms with Crippen molar-refractivity contribution >= 4 is 120 Å². The molecule has 0 aliphatic carbocycles. The van der Waals surface area contributed by atoms with Crippen LogP contribution in [0.5, 0.6) is 0 Å². The van der Waals surface area contributed by atoms with Gasteiger partial charge in [0.15, 0.2) is 0 Å². The van der Waals surface area contributed by atoms with Crippen LogP contribution in [0, 0.1) is 0 Å². The van der Waals surface area contributed by atoms with Crippen molar-refractivity contribution in [2.24, 2.45) is 0 Å². The quantitative estimate of drug-likeness (QED) is 0.171. The fourth-order valence-electron chi connectivity index (χ4n) is 7.52. The molecule has 0 aliphatic heterocycles. The number of fused-ring (bicyclic) bond motifs is 4. The molecule has 0 heterocycles. The van der Waals surface area contributed by atoms with Gasteiger partial charge in [0.1, 0.15) is 0 Å². The van der Waals surface area contributed by atoms with Gasteiger partial charge in [0.2, 0.25) is 0 Å². The van der Waals surface area contributed by atoms with E-state index in [1.807, 2.05) is 0 Å². The first-order chi connectivity index (χ1) is 27.0. The Kier molecular flexibility index (Phi) is 15.9. The Labute approximate surface area is 392 Å². The van der Waals surface area contributed by atoms with Crippen LogP contribution in [0.3, 0.4) is 0 Å². The molecule has 8 aromatic rings. The molecule has 2 N–H and O–H groups in total. The van der Waals surface area contributed by atoms with E-state index in [4.69, 9.17) is 0 Å². The Morgan fingerprint density at radius 3 is 0.638 bits per heavy atom. The predicted molar refractivity (Wildman–Crippen MR) is 248 cm³/mol. The van der Waals surface area contributed by atoms with Crippen molar-refractivity contribution < 1.29 is 54.9 Å². The third kappa shape index (κ3) is 9.16. The number of benzene rings is 8. The van der Waals surface area contributed by atoms with E-state index in [0.29, 0.717) is 0 Å². The summed E-state index contributed by atoms with van der Waals surface area (Å²) in [5.41, 5.74) is 4.62. The van der Waals surface area contributed by atoms with Crippen LogP contribution in [0.15, 0.2) is 146 Å². The van der Waals surface area contributed by atoms with E-state index in [-0.39, 0.29) is 48.0 Å². The summed E-state index contributed by atoms with van der Waals surface area (Å²) in [4.78, 5) is 8.53. The normalized spacial score (nSPS) is 11.0. The second-order valence-electron chi connectivity index (χ2n) is 14.7. The number of anilines is 4. The van der Waals surface area contributed by atoms with Gasteiger partial charge in [-0.1, -0.05) is 0 Å². The number of rotatable bonds is 8. The molecule has 300 valence electrons. The topological polar surface area (TPSA) is 53.4 Å². The van der Waals surface area contributed by atoms with Crippen LogP contribution >= 0.6 is 0 Å². The number of nitrogens with zero attached hydrogens (tertiary/aromatic N) is 4. The van der Waals surface area contributed by atoms with E-state index in [1.54, 1.807) is 0 Å². The molecule has 0 saturated heterocycles. The molecule has 8 aromatic carbocycles. The van der Waals surface area contributed by atoms with Gasteiger partial charge in [-0.3, -0.25) is 0 Å². The average Bonchev–Trinajstić information content (AvgIpc) is 3.21. The molecule has 0 spiro atoms. The maximum Gasteiger partial charge on any atom is -1.00 e. The summed E-state index contributed by atoms with van der Waals surface area (Å²) in [5, 5.41) is 9.41. The molecule has 0 aromatic heterocycles. The fourth-order valence-corrected chi connectivity index (χ4v) is 16.0. The van der Waals surface area contributed by atoms with E-state index in [1.165, 1.54) is 43.1 Å². The first-order valence-corrected chi connectivity index (χ1v) is 25.4. The molecule has 0 saturated carbocycles. The van der Waals surface area contributed by atoms with Crippen molar-refractivity contribution in [3.63, 3.8) is 0 Å². The Morgan fingerprint density at radius 1 is 0.293 bits per heavy atom. The molecule has 58 heavy (non-hydrogen) atoms. The van der Waals surface area contributed by atoms with Crippen molar-refractivity contribution in [2.75, 3.05) is 76.0 Å². The first-order valence-electron chi connectivity index (χ1n) is 18.6. The number of hydrogen-bond acceptors (Lipinski definition) is 6. The van der Waals surface area contributed by atoms with Crippen LogP contribution in [0.1, 0.15) is 0 Å². The third-order valence-electron chi connectivity index (χ3n) is 10.1. The molecule has 0 fully saturated rings. The fraction of sp³-hybridized carbons (Fsp3) is 0.167. The third-order valence-corrected chi connectivity index (χ3v) is 18.8. The van der Waals surface area contributed by atoms with Crippen LogP contribution in [0.2, 0.25) is 0 Å². The van der Waals surface area contributed by atoms with Gasteiger partial charge in [0.25, 0.3) is 0 Å². The summed E-state index contributed by atoms with van der Waals surface area (Å²) >= 11 is -5.58. The van der Waals surface area contributed by atoms with E-state index in [9.17, 15) is 6.94 Å². The second-order valence-corrected chi connectivity index (χ2v) is 22.9. The zero-order valence-corrected chi connectivity index (χ0v) is 43.1. The summed E-state index contributed by atoms with van der Waals surface area (Å²) < 4.78 is 27.9. The molecule has 0 amide bonds. The average molecular weight is 1220 g/mol. The molecule has 6 nitrogen and oxygen atoms in total. The van der Waals surface area contributed by atoms with Crippen molar-refractivity contribution in [1.29, 1.82) is 0 Å². The summed E-state index contributed by atoms with van der Waals surface area (Å²) in [6.45, 7) is 0. The van der Waals surface area contributed by atoms with Crippen molar-refractivity contribution in [3.8, 4) is 0 Å². The Balaban J connectivity index is 0.000000214. The number of hydrogen-bond donors (Lipinski definition) is 2. The van der Waals surface area contributed by atoms with Gasteiger partial charge in [0.05, 0.1) is 0 Å². The van der Waals surface area contributed by atoms with E-state index in [0.717, 1.165) is 37.2 Å². The zero-order valence-electron chi connectivity index (χ0n) is 34.1. The maximum atomic E-state index is 11.7. The molecule has 0 aliphatic rings. The molecule has 10 heteroatoms. The van der Waals surface area contributed by atoms with Crippen molar-refractivity contribution in [3.05, 3.63) is 146 Å². The molecular formula is C48H50I2N4O2Te2. The largest absolute Gasteiger partial charge is 1.00 e. The smallest absolute Gasteiger partial charge is 1.00 e. The van der Waals surface area contributed by atoms with Gasteiger partial charge in [-0.2, -0.15) is 0 Å². The molecule has 8 rings (SSSR count). The summed E-state index contributed by atoms with van der Waals surface area (Å²) in [5.74, 6) is 0. The molecule has 0 atom stereocenters. The van der Waals surface area contributed by atoms with E-state index < -0.39 is 39.9 Å². The molecular weight excluding hydrogens is 1170 g/mol. The Morgan fingerprint density at radius 2 is 0.466 bits per heavy atom. The monoisotopic (exact) mass is 1230 g/mol. The van der Waals surface area contributed by atoms with Crippen molar-refractivity contribution in [2.45, 2.75) is 0 Å². The summed E-state index contributed by atoms with van der Waals surface area (Å²) in [7, 11) is 16.5. The van der Waals surface area contributed by atoms with Gasteiger partial charge in [-0.15, -0.1) is 0 Å². The standard InChI is InChI=1S/2C24H25N2OTe.2HI/c2*1-25(2)19-13-5-9-17-11-7-15-21(23(17)19)28(27)22-16-8-12-18-10-6-14-20(24(18)22)26(3)4;;/h2*5-16,27H,1-4H3;2*1H/q2*+1;;/p-2. The van der Waals surface area contributed by atoms with Crippen LogP contribution in [-0.2, 0) is 0 Å². The zero-order chi connectivity index (χ0) is 39.7. The minimum Gasteiger partial charge on any atom is -1.00 e. The molecule has 0 bridgehead atoms. The van der Waals surface area contributed by atoms with Crippen LogP contribution < -0.4 is 82.0 Å². The van der Waals surface area contributed by atoms with Gasteiger partial charge < -0.3 is 48.0 Å². The van der Waals surface area contributed by atoms with Crippen LogP contribution in [0.4, 0.5) is 22.7 Å². The molecule has 0 unspecified atom stereocenters.